The average molecular weight is 219 g/mol. The Bertz CT molecular complexity index is 353. The number of furan rings is 1. The van der Waals surface area contributed by atoms with E-state index in [0.717, 1.165) is 12.3 Å². The first-order chi connectivity index (χ1) is 7.84. The van der Waals surface area contributed by atoms with Gasteiger partial charge in [0.1, 0.15) is 5.76 Å². The van der Waals surface area contributed by atoms with Crippen LogP contribution in [0.5, 0.6) is 0 Å². The van der Waals surface area contributed by atoms with Crippen molar-refractivity contribution < 1.29 is 4.42 Å². The zero-order chi connectivity index (χ0) is 11.0. The van der Waals surface area contributed by atoms with E-state index in [4.69, 9.17) is 4.42 Å². The molecular formula is C14H21NO. The van der Waals surface area contributed by atoms with Crippen LogP contribution < -0.4 is 5.32 Å². The molecule has 0 saturated heterocycles. The van der Waals surface area contributed by atoms with Crippen molar-refractivity contribution in [3.63, 3.8) is 0 Å². The fraction of sp³-hybridized carbons (Fsp3) is 0.714. The van der Waals surface area contributed by atoms with Crippen molar-refractivity contribution in [1.29, 1.82) is 0 Å². The van der Waals surface area contributed by atoms with Gasteiger partial charge in [-0.25, -0.2) is 0 Å². The predicted molar refractivity (Wildman–Crippen MR) is 64.3 cm³/mol. The predicted octanol–water partition coefficient (Wildman–Crippen LogP) is 3.44. The molecule has 1 heterocycles. The van der Waals surface area contributed by atoms with Crippen molar-refractivity contribution in [2.75, 3.05) is 0 Å². The number of rotatable bonds is 3. The van der Waals surface area contributed by atoms with Gasteiger partial charge in [0.15, 0.2) is 0 Å². The molecule has 2 aliphatic rings. The van der Waals surface area contributed by atoms with E-state index < -0.39 is 0 Å². The molecule has 0 aromatic carbocycles. The molecule has 0 radical (unpaired) electrons. The molecule has 1 N–H and O–H groups in total. The fourth-order valence-corrected chi connectivity index (χ4v) is 3.05. The second-order valence-electron chi connectivity index (χ2n) is 5.39. The van der Waals surface area contributed by atoms with Crippen LogP contribution in [0.4, 0.5) is 0 Å². The van der Waals surface area contributed by atoms with Crippen LogP contribution in [0.2, 0.25) is 0 Å². The van der Waals surface area contributed by atoms with Gasteiger partial charge in [0.2, 0.25) is 0 Å². The smallest absolute Gasteiger partial charge is 0.108 e. The first-order valence-corrected chi connectivity index (χ1v) is 6.67. The molecule has 2 atom stereocenters. The number of nitrogens with one attached hydrogen (secondary N) is 1. The number of fused-ring (bicyclic) bond motifs is 1. The Kier molecular flexibility index (Phi) is 2.76. The minimum Gasteiger partial charge on any atom is -0.469 e. The maximum atomic E-state index is 5.53. The average Bonchev–Trinajstić information content (AvgIpc) is 2.63. The summed E-state index contributed by atoms with van der Waals surface area (Å²) in [5.41, 5.74) is 1.41. The number of aryl methyl sites for hydroxylation is 1. The van der Waals surface area contributed by atoms with E-state index >= 15 is 0 Å². The monoisotopic (exact) mass is 219 g/mol. The standard InChI is InChI=1S/C14H21NO/c1-10(11-4-2-5-11)15-13-6-3-7-14-12(13)8-9-16-14/h8-11,13,15H,2-7H2,1H3. The van der Waals surface area contributed by atoms with E-state index in [0.29, 0.717) is 12.1 Å². The third-order valence-electron chi connectivity index (χ3n) is 4.37. The van der Waals surface area contributed by atoms with Crippen LogP contribution in [0.1, 0.15) is 56.4 Å². The van der Waals surface area contributed by atoms with Gasteiger partial charge in [-0.3, -0.25) is 0 Å². The van der Waals surface area contributed by atoms with Crippen LogP contribution in [0, 0.1) is 5.92 Å². The van der Waals surface area contributed by atoms with Gasteiger partial charge in [0, 0.05) is 24.1 Å². The summed E-state index contributed by atoms with van der Waals surface area (Å²) < 4.78 is 5.53. The molecule has 1 aromatic heterocycles. The van der Waals surface area contributed by atoms with Crippen LogP contribution >= 0.6 is 0 Å². The molecule has 0 spiro atoms. The lowest BCUT2D eigenvalue weighted by atomic mass is 9.79. The first-order valence-electron chi connectivity index (χ1n) is 6.67. The molecule has 0 amide bonds. The molecule has 0 aliphatic heterocycles. The molecule has 2 heteroatoms. The van der Waals surface area contributed by atoms with Crippen molar-refractivity contribution in [1.82, 2.24) is 5.32 Å². The number of hydrogen-bond acceptors (Lipinski definition) is 2. The summed E-state index contributed by atoms with van der Waals surface area (Å²) >= 11 is 0. The molecule has 3 rings (SSSR count). The summed E-state index contributed by atoms with van der Waals surface area (Å²) in [6.07, 6.45) is 9.76. The summed E-state index contributed by atoms with van der Waals surface area (Å²) in [6.45, 7) is 2.35. The molecule has 1 saturated carbocycles. The van der Waals surface area contributed by atoms with Crippen molar-refractivity contribution >= 4 is 0 Å². The molecule has 1 fully saturated rings. The normalized spacial score (nSPS) is 27.2. The van der Waals surface area contributed by atoms with E-state index in [2.05, 4.69) is 18.3 Å². The highest BCUT2D eigenvalue weighted by Gasteiger charge is 2.28. The van der Waals surface area contributed by atoms with Gasteiger partial charge in [-0.2, -0.15) is 0 Å². The summed E-state index contributed by atoms with van der Waals surface area (Å²) in [5.74, 6) is 2.13. The first kappa shape index (κ1) is 10.4. The molecule has 0 bridgehead atoms. The zero-order valence-corrected chi connectivity index (χ0v) is 10.0. The van der Waals surface area contributed by atoms with Crippen LogP contribution in [-0.4, -0.2) is 6.04 Å². The summed E-state index contributed by atoms with van der Waals surface area (Å²) in [4.78, 5) is 0. The van der Waals surface area contributed by atoms with Crippen LogP contribution in [0.3, 0.4) is 0 Å². The third-order valence-corrected chi connectivity index (χ3v) is 4.37. The van der Waals surface area contributed by atoms with Gasteiger partial charge in [-0.1, -0.05) is 6.42 Å². The molecule has 2 aliphatic carbocycles. The van der Waals surface area contributed by atoms with Gasteiger partial charge in [0.05, 0.1) is 6.26 Å². The zero-order valence-electron chi connectivity index (χ0n) is 10.0. The Hall–Kier alpha value is -0.760. The quantitative estimate of drug-likeness (QED) is 0.842. The Morgan fingerprint density at radius 3 is 2.94 bits per heavy atom. The van der Waals surface area contributed by atoms with Crippen molar-refractivity contribution in [2.24, 2.45) is 5.92 Å². The van der Waals surface area contributed by atoms with E-state index in [1.165, 1.54) is 43.4 Å². The Morgan fingerprint density at radius 2 is 2.19 bits per heavy atom. The summed E-state index contributed by atoms with van der Waals surface area (Å²) in [7, 11) is 0. The molecule has 1 aromatic rings. The SMILES string of the molecule is CC(NC1CCCc2occc21)C1CCC1. The van der Waals surface area contributed by atoms with Crippen LogP contribution in [0.25, 0.3) is 0 Å². The van der Waals surface area contributed by atoms with Gasteiger partial charge >= 0.3 is 0 Å². The number of hydrogen-bond donors (Lipinski definition) is 1. The molecule has 16 heavy (non-hydrogen) atoms. The Morgan fingerprint density at radius 1 is 1.31 bits per heavy atom. The maximum Gasteiger partial charge on any atom is 0.108 e. The lowest BCUT2D eigenvalue weighted by Crippen LogP contribution is -2.40. The van der Waals surface area contributed by atoms with Gasteiger partial charge < -0.3 is 9.73 Å². The van der Waals surface area contributed by atoms with Crippen molar-refractivity contribution in [3.8, 4) is 0 Å². The van der Waals surface area contributed by atoms with E-state index in [1.54, 1.807) is 0 Å². The Balaban J connectivity index is 1.67. The van der Waals surface area contributed by atoms with E-state index in [9.17, 15) is 0 Å². The molecular weight excluding hydrogens is 198 g/mol. The minimum absolute atomic E-state index is 0.540. The second-order valence-corrected chi connectivity index (χ2v) is 5.39. The minimum atomic E-state index is 0.540. The second kappa shape index (κ2) is 4.25. The van der Waals surface area contributed by atoms with Gasteiger partial charge in [0.25, 0.3) is 0 Å². The van der Waals surface area contributed by atoms with E-state index in [1.807, 2.05) is 6.26 Å². The Labute approximate surface area is 97.4 Å². The molecule has 88 valence electrons. The highest BCUT2D eigenvalue weighted by Crippen LogP contribution is 2.34. The summed E-state index contributed by atoms with van der Waals surface area (Å²) in [6, 6.07) is 3.36. The lowest BCUT2D eigenvalue weighted by Gasteiger charge is -2.35. The fourth-order valence-electron chi connectivity index (χ4n) is 3.05. The van der Waals surface area contributed by atoms with Crippen LogP contribution in [-0.2, 0) is 6.42 Å². The van der Waals surface area contributed by atoms with Gasteiger partial charge in [-0.15, -0.1) is 0 Å². The lowest BCUT2D eigenvalue weighted by molar-refractivity contribution is 0.220. The van der Waals surface area contributed by atoms with Gasteiger partial charge in [-0.05, 0) is 44.6 Å². The topological polar surface area (TPSA) is 25.2 Å². The van der Waals surface area contributed by atoms with Crippen LogP contribution in [0.15, 0.2) is 16.7 Å². The van der Waals surface area contributed by atoms with E-state index in [-0.39, 0.29) is 0 Å². The molecule has 2 nitrogen and oxygen atoms in total. The third kappa shape index (κ3) is 1.80. The van der Waals surface area contributed by atoms with Crippen molar-refractivity contribution in [2.45, 2.75) is 57.5 Å². The largest absolute Gasteiger partial charge is 0.469 e. The maximum absolute atomic E-state index is 5.53. The van der Waals surface area contributed by atoms with Crippen molar-refractivity contribution in [3.05, 3.63) is 23.7 Å². The molecule has 2 unspecified atom stereocenters. The highest BCUT2D eigenvalue weighted by atomic mass is 16.3. The summed E-state index contributed by atoms with van der Waals surface area (Å²) in [5, 5.41) is 3.80. The highest BCUT2D eigenvalue weighted by molar-refractivity contribution is 5.24.